The summed E-state index contributed by atoms with van der Waals surface area (Å²) < 4.78 is 23.9. The van der Waals surface area contributed by atoms with Crippen LogP contribution < -0.4 is 10.1 Å². The Labute approximate surface area is 133 Å². The summed E-state index contributed by atoms with van der Waals surface area (Å²) in [6, 6.07) is 4.06. The van der Waals surface area contributed by atoms with E-state index in [0.29, 0.717) is 6.61 Å². The minimum atomic E-state index is -0.997. The number of aliphatic carboxylic acids is 1. The van der Waals surface area contributed by atoms with E-state index >= 15 is 0 Å². The van der Waals surface area contributed by atoms with E-state index in [4.69, 9.17) is 14.6 Å². The second kappa shape index (κ2) is 6.54. The third-order valence-electron chi connectivity index (χ3n) is 4.12. The number of carbonyl (C=O) groups is 2. The molecule has 0 spiro atoms. The number of nitrogens with one attached hydrogen (secondary N) is 1. The summed E-state index contributed by atoms with van der Waals surface area (Å²) in [5.41, 5.74) is -0.337. The second-order valence-electron chi connectivity index (χ2n) is 6.09. The third kappa shape index (κ3) is 3.61. The normalized spacial score (nSPS) is 21.6. The van der Waals surface area contributed by atoms with E-state index in [1.807, 2.05) is 0 Å². The highest BCUT2D eigenvalue weighted by molar-refractivity contribution is 5.99. The van der Waals surface area contributed by atoms with Crippen LogP contribution in [0.1, 0.15) is 13.8 Å². The summed E-state index contributed by atoms with van der Waals surface area (Å²) in [5.74, 6) is -3.30. The van der Waals surface area contributed by atoms with Crippen molar-refractivity contribution in [3.63, 3.8) is 0 Å². The first-order valence-corrected chi connectivity index (χ1v) is 7.24. The molecule has 2 N–H and O–H groups in total. The van der Waals surface area contributed by atoms with Gasteiger partial charge in [-0.05, 0) is 17.5 Å². The molecular weight excluding hydrogens is 305 g/mol. The molecule has 2 atom stereocenters. The van der Waals surface area contributed by atoms with Crippen molar-refractivity contribution in [1.82, 2.24) is 0 Å². The van der Waals surface area contributed by atoms with Crippen molar-refractivity contribution in [2.75, 3.05) is 25.6 Å². The Kier molecular flexibility index (Phi) is 4.89. The van der Waals surface area contributed by atoms with E-state index in [0.717, 1.165) is 6.07 Å². The molecule has 0 aromatic heterocycles. The van der Waals surface area contributed by atoms with Crippen molar-refractivity contribution in [3.05, 3.63) is 24.0 Å². The van der Waals surface area contributed by atoms with Crippen molar-refractivity contribution in [2.24, 2.45) is 17.3 Å². The minimum absolute atomic E-state index is 0.0650. The van der Waals surface area contributed by atoms with E-state index in [1.165, 1.54) is 19.2 Å². The van der Waals surface area contributed by atoms with E-state index in [9.17, 15) is 14.0 Å². The maximum Gasteiger partial charge on any atom is 0.307 e. The van der Waals surface area contributed by atoms with Crippen LogP contribution in [0.25, 0.3) is 0 Å². The summed E-state index contributed by atoms with van der Waals surface area (Å²) in [7, 11) is 1.52. The lowest BCUT2D eigenvalue weighted by Gasteiger charge is -2.10. The maximum absolute atomic E-state index is 13.9. The molecule has 1 fully saturated rings. The number of carboxylic acid groups (broad SMARTS) is 1. The van der Waals surface area contributed by atoms with Crippen LogP contribution in [-0.4, -0.2) is 37.3 Å². The number of anilines is 1. The number of benzene rings is 1. The molecule has 1 aromatic rings. The maximum atomic E-state index is 13.9. The molecule has 0 unspecified atom stereocenters. The first-order chi connectivity index (χ1) is 10.8. The smallest absolute Gasteiger partial charge is 0.307 e. The summed E-state index contributed by atoms with van der Waals surface area (Å²) in [6.45, 7) is 4.01. The van der Waals surface area contributed by atoms with Gasteiger partial charge < -0.3 is 19.9 Å². The van der Waals surface area contributed by atoms with Gasteiger partial charge in [-0.3, -0.25) is 9.59 Å². The molecule has 6 nitrogen and oxygen atoms in total. The van der Waals surface area contributed by atoms with Gasteiger partial charge in [0.05, 0.1) is 18.4 Å². The van der Waals surface area contributed by atoms with Gasteiger partial charge in [-0.15, -0.1) is 0 Å². The summed E-state index contributed by atoms with van der Waals surface area (Å²) >= 11 is 0. The summed E-state index contributed by atoms with van der Waals surface area (Å²) in [6.07, 6.45) is 0. The first kappa shape index (κ1) is 17.2. The number of carbonyl (C=O) groups excluding carboxylic acids is 1. The van der Waals surface area contributed by atoms with Crippen LogP contribution in [0.5, 0.6) is 5.75 Å². The number of rotatable bonds is 7. The fourth-order valence-electron chi connectivity index (χ4n) is 2.74. The van der Waals surface area contributed by atoms with Gasteiger partial charge in [0.1, 0.15) is 6.61 Å². The zero-order chi connectivity index (χ0) is 17.2. The molecule has 0 heterocycles. The molecule has 0 bridgehead atoms. The van der Waals surface area contributed by atoms with Crippen LogP contribution in [0.15, 0.2) is 18.2 Å². The van der Waals surface area contributed by atoms with Crippen LogP contribution in [-0.2, 0) is 14.3 Å². The number of methoxy groups -OCH3 is 1. The monoisotopic (exact) mass is 325 g/mol. The van der Waals surface area contributed by atoms with Gasteiger partial charge in [-0.1, -0.05) is 13.8 Å². The average molecular weight is 325 g/mol. The quantitative estimate of drug-likeness (QED) is 0.750. The zero-order valence-corrected chi connectivity index (χ0v) is 13.3. The molecule has 1 aliphatic carbocycles. The SMILES string of the molecule is COCCOc1ccc(NC(=O)[C@@H]2[C@H](C(=O)O)C2(C)C)cc1F. The van der Waals surface area contributed by atoms with Gasteiger partial charge in [0.15, 0.2) is 11.6 Å². The Bertz CT molecular complexity index is 616. The van der Waals surface area contributed by atoms with Crippen molar-refractivity contribution < 1.29 is 28.6 Å². The van der Waals surface area contributed by atoms with E-state index < -0.39 is 34.9 Å². The fraction of sp³-hybridized carbons (Fsp3) is 0.500. The van der Waals surface area contributed by atoms with E-state index in [2.05, 4.69) is 5.32 Å². The van der Waals surface area contributed by atoms with Crippen molar-refractivity contribution in [3.8, 4) is 5.75 Å². The summed E-state index contributed by atoms with van der Waals surface area (Å²) in [5, 5.41) is 11.6. The molecule has 126 valence electrons. The van der Waals surface area contributed by atoms with E-state index in [-0.39, 0.29) is 18.0 Å². The van der Waals surface area contributed by atoms with Crippen LogP contribution in [0.3, 0.4) is 0 Å². The third-order valence-corrected chi connectivity index (χ3v) is 4.12. The predicted molar refractivity (Wildman–Crippen MR) is 80.8 cm³/mol. The largest absolute Gasteiger partial charge is 0.488 e. The standard InChI is InChI=1S/C16H20FNO5/c1-16(2)12(13(16)15(20)21)14(19)18-9-4-5-11(10(17)8-9)23-7-6-22-3/h4-5,8,12-13H,6-7H2,1-3H3,(H,18,19)(H,20,21)/t12-,13+/m0/s1. The topological polar surface area (TPSA) is 84.9 Å². The van der Waals surface area contributed by atoms with Gasteiger partial charge in [-0.2, -0.15) is 0 Å². The van der Waals surface area contributed by atoms with Crippen molar-refractivity contribution in [1.29, 1.82) is 0 Å². The average Bonchev–Trinajstić information content (AvgIpc) is 3.04. The predicted octanol–water partition coefficient (Wildman–Crippen LogP) is 2.15. The highest BCUT2D eigenvalue weighted by atomic mass is 19.1. The number of halogens is 1. The molecule has 1 aliphatic rings. The number of ether oxygens (including phenoxy) is 2. The lowest BCUT2D eigenvalue weighted by molar-refractivity contribution is -0.140. The molecule has 0 aliphatic heterocycles. The molecule has 1 aromatic carbocycles. The molecular formula is C16H20FNO5. The minimum Gasteiger partial charge on any atom is -0.488 e. The first-order valence-electron chi connectivity index (χ1n) is 7.24. The fourth-order valence-corrected chi connectivity index (χ4v) is 2.74. The van der Waals surface area contributed by atoms with Crippen molar-refractivity contribution in [2.45, 2.75) is 13.8 Å². The number of carboxylic acids is 1. The van der Waals surface area contributed by atoms with Gasteiger partial charge in [0, 0.05) is 18.9 Å². The van der Waals surface area contributed by atoms with Gasteiger partial charge in [0.2, 0.25) is 5.91 Å². The Balaban J connectivity index is 2.00. The summed E-state index contributed by atoms with van der Waals surface area (Å²) in [4.78, 5) is 23.3. The van der Waals surface area contributed by atoms with Crippen LogP contribution in [0.4, 0.5) is 10.1 Å². The lowest BCUT2D eigenvalue weighted by Crippen LogP contribution is -2.18. The van der Waals surface area contributed by atoms with Crippen LogP contribution in [0.2, 0.25) is 0 Å². The Morgan fingerprint density at radius 2 is 2.00 bits per heavy atom. The Morgan fingerprint density at radius 1 is 1.30 bits per heavy atom. The molecule has 0 saturated heterocycles. The zero-order valence-electron chi connectivity index (χ0n) is 13.3. The molecule has 1 saturated carbocycles. The highest BCUT2D eigenvalue weighted by Crippen LogP contribution is 2.58. The molecule has 23 heavy (non-hydrogen) atoms. The highest BCUT2D eigenvalue weighted by Gasteiger charge is 2.65. The van der Waals surface area contributed by atoms with Crippen molar-refractivity contribution >= 4 is 17.6 Å². The molecule has 1 amide bonds. The molecule has 0 radical (unpaired) electrons. The second-order valence-corrected chi connectivity index (χ2v) is 6.09. The van der Waals surface area contributed by atoms with Gasteiger partial charge in [0.25, 0.3) is 0 Å². The van der Waals surface area contributed by atoms with Crippen LogP contribution >= 0.6 is 0 Å². The molecule has 2 rings (SSSR count). The number of amides is 1. The van der Waals surface area contributed by atoms with Crippen LogP contribution in [0, 0.1) is 23.1 Å². The number of hydrogen-bond donors (Lipinski definition) is 2. The van der Waals surface area contributed by atoms with Gasteiger partial charge >= 0.3 is 5.97 Å². The molecule has 7 heteroatoms. The lowest BCUT2D eigenvalue weighted by atomic mass is 10.1. The van der Waals surface area contributed by atoms with E-state index in [1.54, 1.807) is 13.8 Å². The number of hydrogen-bond acceptors (Lipinski definition) is 4. The van der Waals surface area contributed by atoms with Gasteiger partial charge in [-0.25, -0.2) is 4.39 Å². The Morgan fingerprint density at radius 3 is 2.52 bits per heavy atom. The Hall–Kier alpha value is -2.15.